The third kappa shape index (κ3) is 5.21. The van der Waals surface area contributed by atoms with Gasteiger partial charge in [0, 0.05) is 37.4 Å². The Morgan fingerprint density at radius 3 is 2.29 bits per heavy atom. The molecule has 2 atom stereocenters. The fraction of sp³-hybridized carbons (Fsp3) is 0.391. The standard InChI is InChI=1S/C23H28N2O2.ClH/c1-2-17-8-10-19(11-9-17)22(26)12-13-23(27)25-15-20(14-24)21(16-25)18-6-4-3-5-7-18;/h3-11,20-21H,2,12-16,24H2,1H3;1H/t20-,21+;/m1./s1. The minimum atomic E-state index is 0. The van der Waals surface area contributed by atoms with Crippen molar-refractivity contribution in [2.75, 3.05) is 19.6 Å². The number of nitrogens with zero attached hydrogens (tertiary/aromatic N) is 1. The highest BCUT2D eigenvalue weighted by molar-refractivity contribution is 5.98. The zero-order valence-corrected chi connectivity index (χ0v) is 17.2. The summed E-state index contributed by atoms with van der Waals surface area (Å²) < 4.78 is 0. The molecule has 5 heteroatoms. The number of hydrogen-bond acceptors (Lipinski definition) is 3. The average molecular weight is 401 g/mol. The van der Waals surface area contributed by atoms with Crippen LogP contribution in [-0.2, 0) is 11.2 Å². The van der Waals surface area contributed by atoms with Crippen LogP contribution in [0.3, 0.4) is 0 Å². The Kier molecular flexibility index (Phi) is 8.21. The lowest BCUT2D eigenvalue weighted by Crippen LogP contribution is -2.30. The van der Waals surface area contributed by atoms with Crippen molar-refractivity contribution in [3.8, 4) is 0 Å². The van der Waals surface area contributed by atoms with Crippen LogP contribution in [0.1, 0.15) is 47.2 Å². The zero-order valence-electron chi connectivity index (χ0n) is 16.3. The predicted octanol–water partition coefficient (Wildman–Crippen LogP) is 3.83. The molecular formula is C23H29ClN2O2. The van der Waals surface area contributed by atoms with Gasteiger partial charge in [0.05, 0.1) is 0 Å². The van der Waals surface area contributed by atoms with Gasteiger partial charge in [0.2, 0.25) is 5.91 Å². The van der Waals surface area contributed by atoms with Crippen LogP contribution >= 0.6 is 12.4 Å². The van der Waals surface area contributed by atoms with E-state index in [2.05, 4.69) is 19.1 Å². The van der Waals surface area contributed by atoms with Crippen molar-refractivity contribution in [2.45, 2.75) is 32.1 Å². The Bertz CT molecular complexity index is 777. The van der Waals surface area contributed by atoms with Gasteiger partial charge in [-0.3, -0.25) is 9.59 Å². The molecule has 0 unspecified atom stereocenters. The maximum Gasteiger partial charge on any atom is 0.223 e. The van der Waals surface area contributed by atoms with Crippen molar-refractivity contribution in [3.63, 3.8) is 0 Å². The van der Waals surface area contributed by atoms with E-state index in [1.165, 1.54) is 11.1 Å². The molecule has 1 amide bonds. The summed E-state index contributed by atoms with van der Waals surface area (Å²) >= 11 is 0. The Morgan fingerprint density at radius 2 is 1.68 bits per heavy atom. The minimum absolute atomic E-state index is 0. The van der Waals surface area contributed by atoms with E-state index in [0.717, 1.165) is 6.42 Å². The maximum absolute atomic E-state index is 12.7. The molecule has 2 aromatic carbocycles. The van der Waals surface area contributed by atoms with Gasteiger partial charge in [-0.2, -0.15) is 0 Å². The van der Waals surface area contributed by atoms with Gasteiger partial charge in [-0.1, -0.05) is 61.5 Å². The third-order valence-electron chi connectivity index (χ3n) is 5.57. The van der Waals surface area contributed by atoms with E-state index in [1.807, 2.05) is 47.4 Å². The van der Waals surface area contributed by atoms with E-state index in [-0.39, 0.29) is 48.8 Å². The number of ketones is 1. The second-order valence-corrected chi connectivity index (χ2v) is 7.29. The number of benzene rings is 2. The number of carbonyl (C=O) groups is 2. The first-order valence-electron chi connectivity index (χ1n) is 9.77. The number of likely N-dealkylation sites (tertiary alicyclic amines) is 1. The monoisotopic (exact) mass is 400 g/mol. The van der Waals surface area contributed by atoms with Crippen LogP contribution in [-0.4, -0.2) is 36.2 Å². The second kappa shape index (κ2) is 10.4. The molecule has 0 radical (unpaired) electrons. The SMILES string of the molecule is CCc1ccc(C(=O)CCC(=O)N2C[C@@H](CN)[C@H](c3ccccc3)C2)cc1.Cl. The number of rotatable bonds is 7. The topological polar surface area (TPSA) is 63.4 Å². The first-order valence-corrected chi connectivity index (χ1v) is 9.77. The zero-order chi connectivity index (χ0) is 19.2. The van der Waals surface area contributed by atoms with E-state index >= 15 is 0 Å². The van der Waals surface area contributed by atoms with E-state index in [9.17, 15) is 9.59 Å². The van der Waals surface area contributed by atoms with Gasteiger partial charge < -0.3 is 10.6 Å². The van der Waals surface area contributed by atoms with Gasteiger partial charge >= 0.3 is 0 Å². The minimum Gasteiger partial charge on any atom is -0.342 e. The fourth-order valence-electron chi connectivity index (χ4n) is 3.84. The third-order valence-corrected chi connectivity index (χ3v) is 5.57. The second-order valence-electron chi connectivity index (χ2n) is 7.29. The summed E-state index contributed by atoms with van der Waals surface area (Å²) in [6.07, 6.45) is 1.46. The number of nitrogens with two attached hydrogens (primary N) is 1. The van der Waals surface area contributed by atoms with Crippen molar-refractivity contribution in [1.29, 1.82) is 0 Å². The summed E-state index contributed by atoms with van der Waals surface area (Å²) in [7, 11) is 0. The predicted molar refractivity (Wildman–Crippen MR) is 115 cm³/mol. The lowest BCUT2D eigenvalue weighted by molar-refractivity contribution is -0.130. The van der Waals surface area contributed by atoms with E-state index in [1.54, 1.807) is 0 Å². The number of aryl methyl sites for hydroxylation is 1. The van der Waals surface area contributed by atoms with E-state index in [4.69, 9.17) is 5.73 Å². The molecule has 4 nitrogen and oxygen atoms in total. The van der Waals surface area contributed by atoms with Crippen molar-refractivity contribution >= 4 is 24.1 Å². The van der Waals surface area contributed by atoms with Crippen LogP contribution in [0.25, 0.3) is 0 Å². The molecule has 0 spiro atoms. The molecule has 0 aliphatic carbocycles. The highest BCUT2D eigenvalue weighted by atomic mass is 35.5. The molecule has 0 bridgehead atoms. The lowest BCUT2D eigenvalue weighted by atomic mass is 9.89. The van der Waals surface area contributed by atoms with Crippen molar-refractivity contribution in [3.05, 3.63) is 71.3 Å². The quantitative estimate of drug-likeness (QED) is 0.718. The molecular weight excluding hydrogens is 372 g/mol. The van der Waals surface area contributed by atoms with E-state index in [0.29, 0.717) is 25.2 Å². The molecule has 3 rings (SSSR count). The summed E-state index contributed by atoms with van der Waals surface area (Å²) in [5, 5.41) is 0. The van der Waals surface area contributed by atoms with Crippen molar-refractivity contribution in [1.82, 2.24) is 4.90 Å². The lowest BCUT2D eigenvalue weighted by Gasteiger charge is -2.16. The largest absolute Gasteiger partial charge is 0.342 e. The van der Waals surface area contributed by atoms with Crippen LogP contribution in [0.2, 0.25) is 0 Å². The van der Waals surface area contributed by atoms with Gasteiger partial charge in [-0.25, -0.2) is 0 Å². The molecule has 150 valence electrons. The van der Waals surface area contributed by atoms with Crippen molar-refractivity contribution in [2.24, 2.45) is 11.7 Å². The van der Waals surface area contributed by atoms with Crippen LogP contribution in [0, 0.1) is 5.92 Å². The Labute approximate surface area is 173 Å². The number of amides is 1. The number of Topliss-reactive ketones (excluding diaryl/α,β-unsaturated/α-hetero) is 1. The summed E-state index contributed by atoms with van der Waals surface area (Å²) in [5.74, 6) is 0.622. The summed E-state index contributed by atoms with van der Waals surface area (Å²) in [6.45, 7) is 4.01. The normalized spacial score (nSPS) is 18.6. The molecule has 2 N–H and O–H groups in total. The molecule has 0 saturated carbocycles. The molecule has 0 aromatic heterocycles. The number of hydrogen-bond donors (Lipinski definition) is 1. The molecule has 2 aromatic rings. The molecule has 1 heterocycles. The molecule has 1 aliphatic rings. The average Bonchev–Trinajstić information content (AvgIpc) is 3.17. The van der Waals surface area contributed by atoms with Crippen LogP contribution in [0.15, 0.2) is 54.6 Å². The van der Waals surface area contributed by atoms with Crippen LogP contribution < -0.4 is 5.73 Å². The Balaban J connectivity index is 0.00000280. The molecule has 1 fully saturated rings. The van der Waals surface area contributed by atoms with Crippen LogP contribution in [0.5, 0.6) is 0 Å². The van der Waals surface area contributed by atoms with Gasteiger partial charge in [0.25, 0.3) is 0 Å². The van der Waals surface area contributed by atoms with Crippen LogP contribution in [0.4, 0.5) is 0 Å². The Morgan fingerprint density at radius 1 is 1.00 bits per heavy atom. The Hall–Kier alpha value is -2.17. The van der Waals surface area contributed by atoms with Gasteiger partial charge in [-0.05, 0) is 30.0 Å². The summed E-state index contributed by atoms with van der Waals surface area (Å²) in [5.41, 5.74) is 9.08. The first kappa shape index (κ1) is 22.1. The molecule has 28 heavy (non-hydrogen) atoms. The fourth-order valence-corrected chi connectivity index (χ4v) is 3.84. The number of halogens is 1. The molecule has 1 saturated heterocycles. The molecule has 1 aliphatic heterocycles. The first-order chi connectivity index (χ1) is 13.1. The maximum atomic E-state index is 12.7. The number of carbonyl (C=O) groups excluding carboxylic acids is 2. The van der Waals surface area contributed by atoms with Gasteiger partial charge in [0.15, 0.2) is 5.78 Å². The summed E-state index contributed by atoms with van der Waals surface area (Å²) in [4.78, 5) is 26.9. The van der Waals surface area contributed by atoms with Crippen molar-refractivity contribution < 1.29 is 9.59 Å². The summed E-state index contributed by atoms with van der Waals surface area (Å²) in [6, 6.07) is 17.9. The highest BCUT2D eigenvalue weighted by Gasteiger charge is 2.35. The van der Waals surface area contributed by atoms with Gasteiger partial charge in [0.1, 0.15) is 0 Å². The van der Waals surface area contributed by atoms with Gasteiger partial charge in [-0.15, -0.1) is 12.4 Å². The highest BCUT2D eigenvalue weighted by Crippen LogP contribution is 2.32. The smallest absolute Gasteiger partial charge is 0.223 e. The van der Waals surface area contributed by atoms with E-state index < -0.39 is 0 Å².